The molecule has 6 heteroatoms. The van der Waals surface area contributed by atoms with Crippen LogP contribution >= 0.6 is 0 Å². The quantitative estimate of drug-likeness (QED) is 0.190. The number of nitrogens with one attached hydrogen (secondary N) is 1. The lowest BCUT2D eigenvalue weighted by molar-refractivity contribution is -0.134. The van der Waals surface area contributed by atoms with Crippen LogP contribution in [0.25, 0.3) is 11.1 Å². The van der Waals surface area contributed by atoms with Crippen molar-refractivity contribution in [3.05, 3.63) is 84.4 Å². The van der Waals surface area contributed by atoms with Crippen LogP contribution in [0.1, 0.15) is 44.6 Å². The molecular formula is C31H36N2O4. The Bertz CT molecular complexity index is 1140. The molecule has 37 heavy (non-hydrogen) atoms. The van der Waals surface area contributed by atoms with Crippen molar-refractivity contribution in [1.29, 1.82) is 0 Å². The van der Waals surface area contributed by atoms with Gasteiger partial charge in [0, 0.05) is 25.1 Å². The largest absolute Gasteiger partial charge is 0.446 e. The van der Waals surface area contributed by atoms with E-state index in [1.54, 1.807) is 6.92 Å². The van der Waals surface area contributed by atoms with Crippen LogP contribution in [0.4, 0.5) is 10.5 Å². The number of para-hydroxylation sites is 1. The summed E-state index contributed by atoms with van der Waals surface area (Å²) in [5.41, 5.74) is 4.04. The predicted octanol–water partition coefficient (Wildman–Crippen LogP) is 6.70. The minimum absolute atomic E-state index is 0.0551. The van der Waals surface area contributed by atoms with Crippen LogP contribution in [0.3, 0.4) is 0 Å². The van der Waals surface area contributed by atoms with Gasteiger partial charge in [-0.05, 0) is 68.0 Å². The summed E-state index contributed by atoms with van der Waals surface area (Å²) >= 11 is 0. The van der Waals surface area contributed by atoms with Gasteiger partial charge in [0.2, 0.25) is 0 Å². The zero-order chi connectivity index (χ0) is 25.9. The number of carbonyl (C=O) groups excluding carboxylic acids is 2. The van der Waals surface area contributed by atoms with Crippen molar-refractivity contribution in [2.45, 2.75) is 51.6 Å². The molecule has 1 heterocycles. The van der Waals surface area contributed by atoms with Crippen LogP contribution in [0.5, 0.6) is 5.75 Å². The number of aryl methyl sites for hydroxylation is 1. The number of likely N-dealkylation sites (tertiary alicyclic amines) is 1. The first-order valence-electron chi connectivity index (χ1n) is 13.2. The summed E-state index contributed by atoms with van der Waals surface area (Å²) < 4.78 is 11.0. The Kier molecular flexibility index (Phi) is 9.72. The monoisotopic (exact) mass is 500 g/mol. The number of rotatable bonds is 10. The zero-order valence-electron chi connectivity index (χ0n) is 21.5. The van der Waals surface area contributed by atoms with E-state index in [0.717, 1.165) is 68.6 Å². The molecule has 0 radical (unpaired) electrons. The van der Waals surface area contributed by atoms with Gasteiger partial charge in [-0.15, -0.1) is 0 Å². The Morgan fingerprint density at radius 1 is 0.892 bits per heavy atom. The fourth-order valence-electron chi connectivity index (χ4n) is 4.60. The van der Waals surface area contributed by atoms with Crippen LogP contribution in [-0.4, -0.2) is 42.7 Å². The molecule has 0 aliphatic carbocycles. The van der Waals surface area contributed by atoms with Crippen molar-refractivity contribution in [1.82, 2.24) is 4.90 Å². The summed E-state index contributed by atoms with van der Waals surface area (Å²) in [5.74, 6) is 0.394. The van der Waals surface area contributed by atoms with Gasteiger partial charge >= 0.3 is 12.1 Å². The van der Waals surface area contributed by atoms with E-state index in [2.05, 4.69) is 10.2 Å². The molecule has 194 valence electrons. The Hall–Kier alpha value is -3.64. The number of piperidine rings is 1. The predicted molar refractivity (Wildman–Crippen MR) is 147 cm³/mol. The van der Waals surface area contributed by atoms with Gasteiger partial charge in [-0.2, -0.15) is 0 Å². The summed E-state index contributed by atoms with van der Waals surface area (Å²) in [6.45, 7) is 4.72. The highest BCUT2D eigenvalue weighted by molar-refractivity contribution is 5.91. The molecule has 0 unspecified atom stereocenters. The first kappa shape index (κ1) is 26.4. The molecule has 3 aromatic rings. The molecule has 4 rings (SSSR count). The van der Waals surface area contributed by atoms with E-state index >= 15 is 0 Å². The number of ether oxygens (including phenoxy) is 2. The summed E-state index contributed by atoms with van der Waals surface area (Å²) in [6.07, 6.45) is 4.87. The molecule has 6 nitrogen and oxygen atoms in total. The van der Waals surface area contributed by atoms with Crippen LogP contribution in [-0.2, 0) is 16.0 Å². The lowest BCUT2D eigenvalue weighted by Crippen LogP contribution is -2.38. The normalized spacial score (nSPS) is 14.2. The number of hydrogen-bond acceptors (Lipinski definition) is 5. The second-order valence-corrected chi connectivity index (χ2v) is 9.41. The van der Waals surface area contributed by atoms with Crippen molar-refractivity contribution in [2.24, 2.45) is 0 Å². The third kappa shape index (κ3) is 8.19. The van der Waals surface area contributed by atoms with Gasteiger partial charge in [-0.3, -0.25) is 10.1 Å². The topological polar surface area (TPSA) is 67.9 Å². The maximum absolute atomic E-state index is 12.6. The molecule has 1 aliphatic rings. The molecule has 0 saturated carbocycles. The van der Waals surface area contributed by atoms with Gasteiger partial charge in [-0.25, -0.2) is 4.79 Å². The Morgan fingerprint density at radius 2 is 1.59 bits per heavy atom. The van der Waals surface area contributed by atoms with E-state index in [4.69, 9.17) is 9.47 Å². The number of unbranched alkanes of at least 4 members (excludes halogenated alkanes) is 1. The lowest BCUT2D eigenvalue weighted by atomic mass is 10.0. The maximum atomic E-state index is 12.6. The molecule has 1 amide bonds. The van der Waals surface area contributed by atoms with Gasteiger partial charge < -0.3 is 14.4 Å². The minimum Gasteiger partial charge on any atom is -0.446 e. The number of hydrogen-bond donors (Lipinski definition) is 1. The second-order valence-electron chi connectivity index (χ2n) is 9.41. The number of carbonyl (C=O) groups is 2. The van der Waals surface area contributed by atoms with Gasteiger partial charge in [0.1, 0.15) is 11.9 Å². The van der Waals surface area contributed by atoms with Gasteiger partial charge in [0.15, 0.2) is 0 Å². The Balaban J connectivity index is 1.14. The first-order valence-corrected chi connectivity index (χ1v) is 13.2. The van der Waals surface area contributed by atoms with Gasteiger partial charge in [0.05, 0.1) is 5.69 Å². The zero-order valence-corrected chi connectivity index (χ0v) is 21.5. The Morgan fingerprint density at radius 3 is 2.32 bits per heavy atom. The summed E-state index contributed by atoms with van der Waals surface area (Å²) in [5, 5.41) is 2.94. The highest BCUT2D eigenvalue weighted by atomic mass is 16.6. The second kappa shape index (κ2) is 13.6. The van der Waals surface area contributed by atoms with Gasteiger partial charge in [0.25, 0.3) is 0 Å². The number of amides is 1. The van der Waals surface area contributed by atoms with E-state index in [9.17, 15) is 9.59 Å². The van der Waals surface area contributed by atoms with E-state index in [0.29, 0.717) is 12.2 Å². The summed E-state index contributed by atoms with van der Waals surface area (Å²) in [7, 11) is 0. The molecule has 0 spiro atoms. The smallest absolute Gasteiger partial charge is 0.411 e. The van der Waals surface area contributed by atoms with Crippen LogP contribution < -0.4 is 10.1 Å². The van der Waals surface area contributed by atoms with Crippen LogP contribution in [0, 0.1) is 0 Å². The molecule has 1 aliphatic heterocycles. The molecule has 0 aromatic heterocycles. The van der Waals surface area contributed by atoms with Gasteiger partial charge in [-0.1, -0.05) is 67.6 Å². The molecule has 1 fully saturated rings. The highest BCUT2D eigenvalue weighted by Gasteiger charge is 2.22. The van der Waals surface area contributed by atoms with E-state index in [-0.39, 0.29) is 12.1 Å². The van der Waals surface area contributed by atoms with E-state index in [1.165, 1.54) is 5.56 Å². The fourth-order valence-corrected chi connectivity index (χ4v) is 4.60. The number of anilines is 1. The van der Waals surface area contributed by atoms with Crippen molar-refractivity contribution >= 4 is 17.7 Å². The fraction of sp³-hybridized carbons (Fsp3) is 0.355. The maximum Gasteiger partial charge on any atom is 0.411 e. The minimum atomic E-state index is -0.391. The van der Waals surface area contributed by atoms with E-state index < -0.39 is 6.09 Å². The average molecular weight is 501 g/mol. The van der Waals surface area contributed by atoms with Crippen molar-refractivity contribution in [2.75, 3.05) is 25.0 Å². The molecule has 0 atom stereocenters. The number of esters is 1. The Labute approximate surface area is 219 Å². The standard InChI is InChI=1S/C31H36N2O4/c1-2-30(34)36-26-17-15-24(16-18-26)10-8-9-21-33-22-19-27(20-23-33)37-31(35)32-29-14-7-6-13-28(29)25-11-4-3-5-12-25/h3-7,11-18,27H,2,8-10,19-23H2,1H3,(H,32,35). The number of nitrogens with zero attached hydrogens (tertiary/aromatic N) is 1. The third-order valence-corrected chi connectivity index (χ3v) is 6.69. The average Bonchev–Trinajstić information content (AvgIpc) is 2.93. The van der Waals surface area contributed by atoms with E-state index in [1.807, 2.05) is 78.9 Å². The van der Waals surface area contributed by atoms with Crippen molar-refractivity contribution < 1.29 is 19.1 Å². The summed E-state index contributed by atoms with van der Waals surface area (Å²) in [6, 6.07) is 25.6. The van der Waals surface area contributed by atoms with Crippen LogP contribution in [0.2, 0.25) is 0 Å². The molecular weight excluding hydrogens is 464 g/mol. The van der Waals surface area contributed by atoms with Crippen molar-refractivity contribution in [3.8, 4) is 16.9 Å². The molecule has 0 bridgehead atoms. The molecule has 1 N–H and O–H groups in total. The summed E-state index contributed by atoms with van der Waals surface area (Å²) in [4.78, 5) is 26.4. The molecule has 3 aromatic carbocycles. The van der Waals surface area contributed by atoms with Crippen molar-refractivity contribution in [3.63, 3.8) is 0 Å². The molecule has 1 saturated heterocycles. The lowest BCUT2D eigenvalue weighted by Gasteiger charge is -2.31. The SMILES string of the molecule is CCC(=O)Oc1ccc(CCCCN2CCC(OC(=O)Nc3ccccc3-c3ccccc3)CC2)cc1. The number of benzene rings is 3. The highest BCUT2D eigenvalue weighted by Crippen LogP contribution is 2.28. The van der Waals surface area contributed by atoms with Crippen LogP contribution in [0.15, 0.2) is 78.9 Å². The third-order valence-electron chi connectivity index (χ3n) is 6.69. The first-order chi connectivity index (χ1) is 18.1.